The monoisotopic (exact) mass is 298 g/mol. The van der Waals surface area contributed by atoms with E-state index in [1.54, 1.807) is 22.7 Å². The van der Waals surface area contributed by atoms with Gasteiger partial charge < -0.3 is 0 Å². The Labute approximate surface area is 126 Å². The van der Waals surface area contributed by atoms with Crippen molar-refractivity contribution in [2.24, 2.45) is 0 Å². The van der Waals surface area contributed by atoms with Crippen molar-refractivity contribution in [3.8, 4) is 20.9 Å². The minimum Gasteiger partial charge on any atom is -0.297 e. The topological polar surface area (TPSA) is 17.1 Å². The average molecular weight is 298 g/mol. The van der Waals surface area contributed by atoms with E-state index in [0.29, 0.717) is 0 Å². The summed E-state index contributed by atoms with van der Waals surface area (Å²) in [5, 5.41) is 2.10. The third-order valence-electron chi connectivity index (χ3n) is 3.30. The predicted octanol–water partition coefficient (Wildman–Crippen LogP) is 5.52. The van der Waals surface area contributed by atoms with Crippen LogP contribution < -0.4 is 0 Å². The molecule has 0 saturated carbocycles. The molecule has 3 rings (SSSR count). The number of rotatable bonds is 4. The van der Waals surface area contributed by atoms with Gasteiger partial charge in [0.25, 0.3) is 0 Å². The number of carbonyl (C=O) groups is 1. The highest BCUT2D eigenvalue weighted by molar-refractivity contribution is 7.17. The fourth-order valence-corrected chi connectivity index (χ4v) is 3.89. The van der Waals surface area contributed by atoms with Crippen LogP contribution in [-0.2, 0) is 6.42 Å². The summed E-state index contributed by atoms with van der Waals surface area (Å²) in [4.78, 5) is 14.1. The second-order valence-electron chi connectivity index (χ2n) is 4.52. The van der Waals surface area contributed by atoms with Gasteiger partial charge in [0.05, 0.1) is 4.88 Å². The quantitative estimate of drug-likeness (QED) is 0.580. The first-order valence-electron chi connectivity index (χ1n) is 6.54. The SMILES string of the molecule is CCc1cc(-c2cccs2)ccc1-c1ccc(C=O)s1. The highest BCUT2D eigenvalue weighted by Crippen LogP contribution is 2.34. The van der Waals surface area contributed by atoms with Crippen LogP contribution >= 0.6 is 22.7 Å². The van der Waals surface area contributed by atoms with Gasteiger partial charge in [-0.3, -0.25) is 4.79 Å². The lowest BCUT2D eigenvalue weighted by Crippen LogP contribution is -1.87. The molecule has 0 aliphatic heterocycles. The highest BCUT2D eigenvalue weighted by atomic mass is 32.1. The first-order chi connectivity index (χ1) is 9.81. The fourth-order valence-electron chi connectivity index (χ4n) is 2.28. The number of aldehydes is 1. The van der Waals surface area contributed by atoms with E-state index in [2.05, 4.69) is 42.6 Å². The molecule has 2 heterocycles. The summed E-state index contributed by atoms with van der Waals surface area (Å²) in [5.74, 6) is 0. The molecule has 0 amide bonds. The van der Waals surface area contributed by atoms with E-state index < -0.39 is 0 Å². The molecule has 0 atom stereocenters. The molecule has 0 spiro atoms. The molecule has 0 bridgehead atoms. The third kappa shape index (κ3) is 2.47. The second kappa shape index (κ2) is 5.73. The summed E-state index contributed by atoms with van der Waals surface area (Å²) in [6, 6.07) is 14.8. The zero-order chi connectivity index (χ0) is 13.9. The molecule has 0 fully saturated rings. The van der Waals surface area contributed by atoms with Gasteiger partial charge in [-0.05, 0) is 52.8 Å². The van der Waals surface area contributed by atoms with Crippen molar-refractivity contribution in [3.63, 3.8) is 0 Å². The largest absolute Gasteiger partial charge is 0.297 e. The molecule has 100 valence electrons. The zero-order valence-electron chi connectivity index (χ0n) is 11.1. The van der Waals surface area contributed by atoms with Gasteiger partial charge in [-0.15, -0.1) is 22.7 Å². The number of hydrogen-bond acceptors (Lipinski definition) is 3. The van der Waals surface area contributed by atoms with Crippen LogP contribution in [0.25, 0.3) is 20.9 Å². The van der Waals surface area contributed by atoms with E-state index in [0.717, 1.165) is 17.6 Å². The molecule has 0 radical (unpaired) electrons. The van der Waals surface area contributed by atoms with Crippen molar-refractivity contribution < 1.29 is 4.79 Å². The molecule has 0 saturated heterocycles. The van der Waals surface area contributed by atoms with Crippen molar-refractivity contribution >= 4 is 29.0 Å². The van der Waals surface area contributed by atoms with E-state index in [-0.39, 0.29) is 0 Å². The van der Waals surface area contributed by atoms with E-state index in [1.807, 2.05) is 12.1 Å². The molecule has 0 unspecified atom stereocenters. The number of thiophene rings is 2. The molecule has 3 aromatic rings. The minimum atomic E-state index is 0.782. The van der Waals surface area contributed by atoms with Crippen LogP contribution in [0.4, 0.5) is 0 Å². The summed E-state index contributed by atoms with van der Waals surface area (Å²) in [6.07, 6.45) is 1.91. The Morgan fingerprint density at radius 2 is 2.00 bits per heavy atom. The van der Waals surface area contributed by atoms with Crippen molar-refractivity contribution in [1.29, 1.82) is 0 Å². The van der Waals surface area contributed by atoms with Crippen LogP contribution in [0.2, 0.25) is 0 Å². The maximum absolute atomic E-state index is 10.8. The van der Waals surface area contributed by atoms with Crippen molar-refractivity contribution in [2.45, 2.75) is 13.3 Å². The molecule has 0 N–H and O–H groups in total. The lowest BCUT2D eigenvalue weighted by atomic mass is 10.00. The standard InChI is InChI=1S/C17H14OS2/c1-2-12-10-13(16-4-3-9-19-16)5-7-15(12)17-8-6-14(11-18)20-17/h3-11H,2H2,1H3. The predicted molar refractivity (Wildman–Crippen MR) is 87.8 cm³/mol. The van der Waals surface area contributed by atoms with Gasteiger partial charge in [0.2, 0.25) is 0 Å². The van der Waals surface area contributed by atoms with Gasteiger partial charge >= 0.3 is 0 Å². The lowest BCUT2D eigenvalue weighted by molar-refractivity contribution is 0.112. The molecular formula is C17H14OS2. The zero-order valence-corrected chi connectivity index (χ0v) is 12.8. The maximum Gasteiger partial charge on any atom is 0.160 e. The first-order valence-corrected chi connectivity index (χ1v) is 8.23. The van der Waals surface area contributed by atoms with Gasteiger partial charge in [-0.1, -0.05) is 25.1 Å². The van der Waals surface area contributed by atoms with Gasteiger partial charge in [-0.2, -0.15) is 0 Å². The highest BCUT2D eigenvalue weighted by Gasteiger charge is 2.09. The summed E-state index contributed by atoms with van der Waals surface area (Å²) in [6.45, 7) is 2.17. The average Bonchev–Trinajstić information content (AvgIpc) is 3.17. The van der Waals surface area contributed by atoms with E-state index in [4.69, 9.17) is 0 Å². The Morgan fingerprint density at radius 3 is 2.65 bits per heavy atom. The summed E-state index contributed by atoms with van der Waals surface area (Å²) in [7, 11) is 0. The summed E-state index contributed by atoms with van der Waals surface area (Å²) < 4.78 is 0. The number of carbonyl (C=O) groups excluding carboxylic acids is 1. The Hall–Kier alpha value is -1.71. The normalized spacial score (nSPS) is 10.7. The fraction of sp³-hybridized carbons (Fsp3) is 0.118. The van der Waals surface area contributed by atoms with Crippen molar-refractivity contribution in [3.05, 3.63) is 58.3 Å². The van der Waals surface area contributed by atoms with Crippen LogP contribution in [0.3, 0.4) is 0 Å². The molecule has 20 heavy (non-hydrogen) atoms. The Morgan fingerprint density at radius 1 is 1.10 bits per heavy atom. The molecule has 2 aromatic heterocycles. The van der Waals surface area contributed by atoms with Gasteiger partial charge in [0.15, 0.2) is 6.29 Å². The minimum absolute atomic E-state index is 0.782. The van der Waals surface area contributed by atoms with Crippen LogP contribution in [0.1, 0.15) is 22.2 Å². The molecule has 0 aliphatic rings. The number of aryl methyl sites for hydroxylation is 1. The Bertz CT molecular complexity index is 723. The first kappa shape index (κ1) is 13.3. The van der Waals surface area contributed by atoms with E-state index in [9.17, 15) is 4.79 Å². The molecule has 3 heteroatoms. The van der Waals surface area contributed by atoms with E-state index >= 15 is 0 Å². The van der Waals surface area contributed by atoms with Crippen LogP contribution in [0, 0.1) is 0 Å². The smallest absolute Gasteiger partial charge is 0.160 e. The Balaban J connectivity index is 2.06. The van der Waals surface area contributed by atoms with E-state index in [1.165, 1.54) is 26.4 Å². The number of benzene rings is 1. The van der Waals surface area contributed by atoms with Crippen molar-refractivity contribution in [2.75, 3.05) is 0 Å². The Kier molecular flexibility index (Phi) is 3.81. The summed E-state index contributed by atoms with van der Waals surface area (Å²) >= 11 is 3.31. The molecule has 0 aliphatic carbocycles. The van der Waals surface area contributed by atoms with Crippen LogP contribution in [0.5, 0.6) is 0 Å². The van der Waals surface area contributed by atoms with Gasteiger partial charge in [0, 0.05) is 9.75 Å². The third-order valence-corrected chi connectivity index (χ3v) is 5.26. The van der Waals surface area contributed by atoms with Gasteiger partial charge in [-0.25, -0.2) is 0 Å². The molecule has 1 nitrogen and oxygen atoms in total. The lowest BCUT2D eigenvalue weighted by Gasteiger charge is -2.08. The molecule has 1 aromatic carbocycles. The van der Waals surface area contributed by atoms with Gasteiger partial charge in [0.1, 0.15) is 0 Å². The molecular weight excluding hydrogens is 284 g/mol. The van der Waals surface area contributed by atoms with Crippen molar-refractivity contribution in [1.82, 2.24) is 0 Å². The summed E-state index contributed by atoms with van der Waals surface area (Å²) in [5.41, 5.74) is 3.84. The van der Waals surface area contributed by atoms with Crippen LogP contribution in [0.15, 0.2) is 47.8 Å². The maximum atomic E-state index is 10.8. The number of hydrogen-bond donors (Lipinski definition) is 0. The second-order valence-corrected chi connectivity index (χ2v) is 6.59. The van der Waals surface area contributed by atoms with Crippen LogP contribution in [-0.4, -0.2) is 6.29 Å².